The van der Waals surface area contributed by atoms with Crippen LogP contribution in [0.15, 0.2) is 36.5 Å². The summed E-state index contributed by atoms with van der Waals surface area (Å²) in [5.41, 5.74) is 0. The summed E-state index contributed by atoms with van der Waals surface area (Å²) in [5, 5.41) is 18.5. The Kier molecular flexibility index (Phi) is 19.1. The Labute approximate surface area is 234 Å². The molecule has 13 heteroatoms. The van der Waals surface area contributed by atoms with Crippen LogP contribution in [0.5, 0.6) is 0 Å². The van der Waals surface area contributed by atoms with E-state index >= 15 is 0 Å². The van der Waals surface area contributed by atoms with E-state index in [2.05, 4.69) is 0 Å². The molecule has 0 unspecified atom stereocenters. The van der Waals surface area contributed by atoms with Crippen molar-refractivity contribution in [3.63, 3.8) is 0 Å². The average molecular weight is 575 g/mol. The number of aliphatic hydroxyl groups excluding tert-OH is 2. The summed E-state index contributed by atoms with van der Waals surface area (Å²) in [6.07, 6.45) is 4.74. The zero-order valence-corrected chi connectivity index (χ0v) is 22.6. The van der Waals surface area contributed by atoms with Crippen molar-refractivity contribution in [3.8, 4) is 0 Å². The summed E-state index contributed by atoms with van der Waals surface area (Å²) in [7, 11) is 0. The molecule has 40 heavy (non-hydrogen) atoms. The summed E-state index contributed by atoms with van der Waals surface area (Å²) in [4.78, 5) is 44.3. The molecule has 0 aliphatic carbocycles. The quantitative estimate of drug-likeness (QED) is 0.249. The third-order valence-corrected chi connectivity index (χ3v) is 4.89. The van der Waals surface area contributed by atoms with E-state index in [0.717, 1.165) is 0 Å². The van der Waals surface area contributed by atoms with E-state index in [1.807, 2.05) is 0 Å². The number of carbonyl (C=O) groups excluding carboxylic acids is 4. The summed E-state index contributed by atoms with van der Waals surface area (Å²) in [6, 6.07) is 0. The standard InChI is InChI=1S/C10H14O5.2C8H12O4.CH4/c1-3-13-10(12)9-8(15-7(2)11)5-4-6-14-9;2*1-2-11-8(10)7-6(9)4-3-5-12-7;/h4-5,8-9H,3,6H2,1-2H3;2*3-4,6-7,9H,2,5H2,1H3;1H4/t8-,9-;2*6-,7-;/m110./s1. The molecule has 2 N–H and O–H groups in total. The van der Waals surface area contributed by atoms with Crippen molar-refractivity contribution in [3.05, 3.63) is 36.5 Å². The molecule has 3 rings (SSSR count). The van der Waals surface area contributed by atoms with Crippen LogP contribution in [-0.2, 0) is 52.3 Å². The SMILES string of the molecule is C.CCOC(=O)[C@@H]1OCC=C[C@H]1O.CCOC(=O)[C@@H]1OCC=C[C@H]1OC(C)=O.CCOC(=O)[C@H]1OCC=C[C@@H]1O. The molecule has 228 valence electrons. The first-order valence-electron chi connectivity index (χ1n) is 12.5. The average Bonchev–Trinajstić information content (AvgIpc) is 2.90. The maximum absolute atomic E-state index is 11.4. The predicted molar refractivity (Wildman–Crippen MR) is 141 cm³/mol. The minimum absolute atomic E-state index is 0. The van der Waals surface area contributed by atoms with Crippen LogP contribution >= 0.6 is 0 Å². The van der Waals surface area contributed by atoms with Crippen LogP contribution in [-0.4, -0.2) is 110 Å². The van der Waals surface area contributed by atoms with Crippen LogP contribution < -0.4 is 0 Å². The van der Waals surface area contributed by atoms with Gasteiger partial charge in [0.15, 0.2) is 24.4 Å². The van der Waals surface area contributed by atoms with Gasteiger partial charge in [0.1, 0.15) is 12.2 Å². The van der Waals surface area contributed by atoms with Gasteiger partial charge in [0.25, 0.3) is 0 Å². The Bertz CT molecular complexity index is 824. The van der Waals surface area contributed by atoms with Crippen LogP contribution in [0.2, 0.25) is 0 Å². The van der Waals surface area contributed by atoms with E-state index in [9.17, 15) is 29.4 Å². The van der Waals surface area contributed by atoms with Crippen LogP contribution in [0, 0.1) is 0 Å². The number of hydrogen-bond acceptors (Lipinski definition) is 13. The van der Waals surface area contributed by atoms with Gasteiger partial charge in [0.05, 0.1) is 39.6 Å². The van der Waals surface area contributed by atoms with Gasteiger partial charge >= 0.3 is 23.9 Å². The molecule has 0 amide bonds. The molecule has 0 radical (unpaired) electrons. The first-order valence-corrected chi connectivity index (χ1v) is 12.5. The van der Waals surface area contributed by atoms with E-state index in [1.165, 1.54) is 19.1 Å². The van der Waals surface area contributed by atoms with E-state index in [-0.39, 0.29) is 14.0 Å². The molecule has 0 bridgehead atoms. The molecule has 0 aromatic rings. The Morgan fingerprint density at radius 2 is 1.02 bits per heavy atom. The van der Waals surface area contributed by atoms with Gasteiger partial charge < -0.3 is 43.4 Å². The van der Waals surface area contributed by atoms with Crippen LogP contribution in [0.1, 0.15) is 35.1 Å². The number of rotatable bonds is 7. The highest BCUT2D eigenvalue weighted by molar-refractivity contribution is 5.77. The Balaban J connectivity index is 0.000000568. The lowest BCUT2D eigenvalue weighted by atomic mass is 10.1. The zero-order valence-electron chi connectivity index (χ0n) is 22.6. The van der Waals surface area contributed by atoms with Crippen molar-refractivity contribution in [2.45, 2.75) is 71.7 Å². The number of ether oxygens (including phenoxy) is 7. The molecule has 3 aliphatic heterocycles. The maximum atomic E-state index is 11.4. The molecule has 3 heterocycles. The monoisotopic (exact) mass is 574 g/mol. The largest absolute Gasteiger partial charge is 0.464 e. The molecule has 3 aliphatic rings. The minimum Gasteiger partial charge on any atom is -0.464 e. The second kappa shape index (κ2) is 20.8. The van der Waals surface area contributed by atoms with Crippen molar-refractivity contribution in [1.82, 2.24) is 0 Å². The van der Waals surface area contributed by atoms with E-state index in [4.69, 9.17) is 33.2 Å². The first kappa shape index (κ1) is 36.9. The molecule has 0 saturated heterocycles. The number of aliphatic hydroxyl groups is 2. The van der Waals surface area contributed by atoms with Crippen molar-refractivity contribution in [2.75, 3.05) is 39.6 Å². The fourth-order valence-corrected chi connectivity index (χ4v) is 3.24. The van der Waals surface area contributed by atoms with E-state index < -0.39 is 60.5 Å². The lowest BCUT2D eigenvalue weighted by Gasteiger charge is -2.25. The molecule has 0 saturated carbocycles. The highest BCUT2D eigenvalue weighted by atomic mass is 16.6. The Morgan fingerprint density at radius 1 is 0.675 bits per heavy atom. The van der Waals surface area contributed by atoms with Crippen molar-refractivity contribution in [1.29, 1.82) is 0 Å². The minimum atomic E-state index is -0.877. The lowest BCUT2D eigenvalue weighted by molar-refractivity contribution is -0.170. The van der Waals surface area contributed by atoms with Crippen LogP contribution in [0.3, 0.4) is 0 Å². The van der Waals surface area contributed by atoms with E-state index in [0.29, 0.717) is 33.0 Å². The molecule has 0 aromatic heterocycles. The number of hydrogen-bond donors (Lipinski definition) is 2. The van der Waals surface area contributed by atoms with Gasteiger partial charge in [-0.2, -0.15) is 0 Å². The van der Waals surface area contributed by atoms with Crippen LogP contribution in [0.25, 0.3) is 0 Å². The maximum Gasteiger partial charge on any atom is 0.339 e. The zero-order chi connectivity index (χ0) is 29.2. The van der Waals surface area contributed by atoms with Crippen molar-refractivity contribution in [2.24, 2.45) is 0 Å². The van der Waals surface area contributed by atoms with Crippen LogP contribution in [0.4, 0.5) is 0 Å². The third-order valence-electron chi connectivity index (χ3n) is 4.89. The van der Waals surface area contributed by atoms with Crippen molar-refractivity contribution >= 4 is 23.9 Å². The predicted octanol–water partition coefficient (Wildman–Crippen LogP) is 0.803. The molecule has 0 aromatic carbocycles. The van der Waals surface area contributed by atoms with Gasteiger partial charge in [-0.3, -0.25) is 4.79 Å². The molecule has 0 fully saturated rings. The Hall–Kier alpha value is -3.10. The fraction of sp³-hybridized carbons (Fsp3) is 0.630. The topological polar surface area (TPSA) is 173 Å². The van der Waals surface area contributed by atoms with Gasteiger partial charge in [0, 0.05) is 6.92 Å². The number of carbonyl (C=O) groups is 4. The summed E-state index contributed by atoms with van der Waals surface area (Å²) in [5.74, 6) is -1.97. The van der Waals surface area contributed by atoms with E-state index in [1.54, 1.807) is 45.1 Å². The van der Waals surface area contributed by atoms with Gasteiger partial charge in [-0.1, -0.05) is 37.8 Å². The first-order chi connectivity index (χ1) is 18.7. The molecular formula is C27H42O13. The molecule has 0 spiro atoms. The second-order valence-corrected chi connectivity index (χ2v) is 7.86. The molecular weight excluding hydrogens is 532 g/mol. The van der Waals surface area contributed by atoms with Gasteiger partial charge in [0.2, 0.25) is 0 Å². The lowest BCUT2D eigenvalue weighted by Crippen LogP contribution is -2.41. The second-order valence-electron chi connectivity index (χ2n) is 7.86. The summed E-state index contributed by atoms with van der Waals surface area (Å²) >= 11 is 0. The van der Waals surface area contributed by atoms with Crippen molar-refractivity contribution < 1.29 is 62.5 Å². The fourth-order valence-electron chi connectivity index (χ4n) is 3.24. The highest BCUT2D eigenvalue weighted by Gasteiger charge is 2.33. The normalized spacial score (nSPS) is 26.4. The third kappa shape index (κ3) is 13.3. The Morgan fingerprint density at radius 3 is 1.38 bits per heavy atom. The summed E-state index contributed by atoms with van der Waals surface area (Å²) in [6.45, 7) is 8.30. The van der Waals surface area contributed by atoms with Gasteiger partial charge in [-0.05, 0) is 26.8 Å². The van der Waals surface area contributed by atoms with Gasteiger partial charge in [-0.25, -0.2) is 14.4 Å². The van der Waals surface area contributed by atoms with Gasteiger partial charge in [-0.15, -0.1) is 0 Å². The number of esters is 4. The molecule has 6 atom stereocenters. The summed E-state index contributed by atoms with van der Waals surface area (Å²) < 4.78 is 34.3. The highest BCUT2D eigenvalue weighted by Crippen LogP contribution is 2.13. The molecule has 13 nitrogen and oxygen atoms in total. The smallest absolute Gasteiger partial charge is 0.339 e.